The minimum absolute atomic E-state index is 0.0733. The molecule has 0 atom stereocenters. The highest BCUT2D eigenvalue weighted by molar-refractivity contribution is 6.05. The largest absolute Gasteiger partial charge is 0.379 e. The third kappa shape index (κ3) is 3.76. The fraction of sp³-hybridized carbons (Fsp3) is 0.318. The number of amides is 1. The van der Waals surface area contributed by atoms with Crippen LogP contribution in [0.4, 0.5) is 5.69 Å². The van der Waals surface area contributed by atoms with Crippen molar-refractivity contribution < 1.29 is 4.79 Å². The number of carbonyl (C=O) groups excluding carboxylic acids is 1. The molecule has 3 rings (SSSR count). The van der Waals surface area contributed by atoms with Gasteiger partial charge >= 0.3 is 0 Å². The van der Waals surface area contributed by atoms with Crippen molar-refractivity contribution in [2.24, 2.45) is 0 Å². The number of carbonyl (C=O) groups is 1. The monoisotopic (exact) mass is 334 g/mol. The molecule has 0 spiro atoms. The lowest BCUT2D eigenvalue weighted by Gasteiger charge is -2.35. The van der Waals surface area contributed by atoms with E-state index in [2.05, 4.69) is 61.7 Å². The predicted octanol–water partition coefficient (Wildman–Crippen LogP) is 4.52. The standard InChI is InChI=1S/C22H26N2O/c1-14-10-15(2)21(16(3)11-14)23-20(25)12-19-18-9-7-6-8-17(18)13-22(4,5)24-19/h6-12,24H,13H2,1-5H3,(H,23,25). The Bertz CT molecular complexity index is 839. The number of nitrogens with one attached hydrogen (secondary N) is 2. The average molecular weight is 334 g/mol. The molecule has 1 amide bonds. The first-order chi connectivity index (χ1) is 11.7. The van der Waals surface area contributed by atoms with Gasteiger partial charge in [-0.15, -0.1) is 0 Å². The Morgan fingerprint density at radius 1 is 1.12 bits per heavy atom. The molecule has 0 aliphatic carbocycles. The van der Waals surface area contributed by atoms with Crippen molar-refractivity contribution >= 4 is 17.3 Å². The number of hydrogen-bond acceptors (Lipinski definition) is 2. The topological polar surface area (TPSA) is 41.1 Å². The SMILES string of the molecule is Cc1cc(C)c(NC(=O)C=C2NC(C)(C)Cc3ccccc32)c(C)c1. The molecule has 130 valence electrons. The minimum Gasteiger partial charge on any atom is -0.379 e. The molecule has 2 aromatic rings. The molecule has 0 saturated heterocycles. The van der Waals surface area contributed by atoms with Gasteiger partial charge < -0.3 is 10.6 Å². The van der Waals surface area contributed by atoms with E-state index in [1.54, 1.807) is 6.08 Å². The summed E-state index contributed by atoms with van der Waals surface area (Å²) in [5.41, 5.74) is 7.46. The highest BCUT2D eigenvalue weighted by atomic mass is 16.1. The molecule has 1 aliphatic rings. The predicted molar refractivity (Wildman–Crippen MR) is 105 cm³/mol. The van der Waals surface area contributed by atoms with Crippen molar-refractivity contribution in [2.45, 2.75) is 46.6 Å². The van der Waals surface area contributed by atoms with Gasteiger partial charge in [0.1, 0.15) is 0 Å². The normalized spacial score (nSPS) is 16.9. The summed E-state index contributed by atoms with van der Waals surface area (Å²) < 4.78 is 0. The van der Waals surface area contributed by atoms with Crippen molar-refractivity contribution in [3.8, 4) is 0 Å². The highest BCUT2D eigenvalue weighted by Crippen LogP contribution is 2.29. The summed E-state index contributed by atoms with van der Waals surface area (Å²) in [5.74, 6) is -0.106. The maximum atomic E-state index is 12.7. The fourth-order valence-corrected chi connectivity index (χ4v) is 3.67. The maximum Gasteiger partial charge on any atom is 0.250 e. The Labute approximate surface area is 150 Å². The van der Waals surface area contributed by atoms with Gasteiger partial charge in [0.15, 0.2) is 0 Å². The molecule has 0 fully saturated rings. The van der Waals surface area contributed by atoms with Crippen molar-refractivity contribution in [3.63, 3.8) is 0 Å². The van der Waals surface area contributed by atoms with E-state index in [4.69, 9.17) is 0 Å². The molecule has 3 heteroatoms. The van der Waals surface area contributed by atoms with Crippen LogP contribution in [0.3, 0.4) is 0 Å². The van der Waals surface area contributed by atoms with Crippen LogP contribution in [0.25, 0.3) is 5.70 Å². The van der Waals surface area contributed by atoms with Crippen LogP contribution >= 0.6 is 0 Å². The Hall–Kier alpha value is -2.55. The second-order valence-corrected chi connectivity index (χ2v) is 7.66. The first kappa shape index (κ1) is 17.3. The van der Waals surface area contributed by atoms with E-state index in [0.717, 1.165) is 34.5 Å². The lowest BCUT2D eigenvalue weighted by molar-refractivity contribution is -0.111. The van der Waals surface area contributed by atoms with E-state index in [1.165, 1.54) is 11.1 Å². The molecule has 1 heterocycles. The number of anilines is 1. The molecule has 0 unspecified atom stereocenters. The van der Waals surface area contributed by atoms with Gasteiger partial charge in [-0.2, -0.15) is 0 Å². The molecule has 0 bridgehead atoms. The van der Waals surface area contributed by atoms with Crippen LogP contribution in [0.5, 0.6) is 0 Å². The molecule has 25 heavy (non-hydrogen) atoms. The van der Waals surface area contributed by atoms with E-state index in [1.807, 2.05) is 19.9 Å². The number of benzene rings is 2. The Morgan fingerprint density at radius 2 is 1.76 bits per heavy atom. The minimum atomic E-state index is -0.106. The van der Waals surface area contributed by atoms with Gasteiger partial charge in [0.05, 0.1) is 0 Å². The van der Waals surface area contributed by atoms with Gasteiger partial charge in [0.25, 0.3) is 0 Å². The zero-order valence-electron chi connectivity index (χ0n) is 15.7. The lowest BCUT2D eigenvalue weighted by atomic mass is 9.86. The molecule has 0 radical (unpaired) electrons. The van der Waals surface area contributed by atoms with Gasteiger partial charge in [0.2, 0.25) is 5.91 Å². The summed E-state index contributed by atoms with van der Waals surface area (Å²) in [6.45, 7) is 10.4. The quantitative estimate of drug-likeness (QED) is 0.793. The second-order valence-electron chi connectivity index (χ2n) is 7.66. The van der Waals surface area contributed by atoms with Crippen LogP contribution < -0.4 is 10.6 Å². The van der Waals surface area contributed by atoms with Crippen LogP contribution in [-0.4, -0.2) is 11.4 Å². The fourth-order valence-electron chi connectivity index (χ4n) is 3.67. The number of rotatable bonds is 2. The summed E-state index contributed by atoms with van der Waals surface area (Å²) >= 11 is 0. The van der Waals surface area contributed by atoms with Gasteiger partial charge in [-0.05, 0) is 57.7 Å². The Balaban J connectivity index is 1.92. The zero-order valence-corrected chi connectivity index (χ0v) is 15.7. The molecular formula is C22H26N2O. The Kier molecular flexibility index (Phi) is 4.42. The summed E-state index contributed by atoms with van der Waals surface area (Å²) in [4.78, 5) is 12.7. The number of aryl methyl sites for hydroxylation is 3. The zero-order chi connectivity index (χ0) is 18.2. The van der Waals surface area contributed by atoms with Crippen LogP contribution in [0.2, 0.25) is 0 Å². The van der Waals surface area contributed by atoms with Gasteiger partial charge in [0, 0.05) is 28.6 Å². The third-order valence-corrected chi connectivity index (χ3v) is 4.61. The van der Waals surface area contributed by atoms with Crippen LogP contribution in [-0.2, 0) is 11.2 Å². The van der Waals surface area contributed by atoms with Crippen molar-refractivity contribution in [2.75, 3.05) is 5.32 Å². The molecule has 0 aromatic heterocycles. The smallest absolute Gasteiger partial charge is 0.250 e. The Morgan fingerprint density at radius 3 is 2.44 bits per heavy atom. The first-order valence-corrected chi connectivity index (χ1v) is 8.72. The molecule has 2 N–H and O–H groups in total. The van der Waals surface area contributed by atoms with Gasteiger partial charge in [-0.1, -0.05) is 42.0 Å². The molecule has 0 saturated carbocycles. The van der Waals surface area contributed by atoms with E-state index in [0.29, 0.717) is 0 Å². The van der Waals surface area contributed by atoms with Crippen molar-refractivity contribution in [3.05, 3.63) is 70.3 Å². The lowest BCUT2D eigenvalue weighted by Crippen LogP contribution is -2.44. The summed E-state index contributed by atoms with van der Waals surface area (Å²) in [6, 6.07) is 12.5. The van der Waals surface area contributed by atoms with Crippen molar-refractivity contribution in [1.29, 1.82) is 0 Å². The number of hydrogen-bond donors (Lipinski definition) is 2. The highest BCUT2D eigenvalue weighted by Gasteiger charge is 2.27. The number of fused-ring (bicyclic) bond motifs is 1. The molecule has 1 aliphatic heterocycles. The van der Waals surface area contributed by atoms with Gasteiger partial charge in [-0.25, -0.2) is 0 Å². The van der Waals surface area contributed by atoms with E-state index < -0.39 is 0 Å². The molecule has 3 nitrogen and oxygen atoms in total. The second kappa shape index (κ2) is 6.40. The summed E-state index contributed by atoms with van der Waals surface area (Å²) in [6.07, 6.45) is 2.62. The summed E-state index contributed by atoms with van der Waals surface area (Å²) in [5, 5.41) is 6.56. The molecular weight excluding hydrogens is 308 g/mol. The maximum absolute atomic E-state index is 12.7. The van der Waals surface area contributed by atoms with E-state index in [-0.39, 0.29) is 11.4 Å². The van der Waals surface area contributed by atoms with Crippen molar-refractivity contribution in [1.82, 2.24) is 5.32 Å². The van der Waals surface area contributed by atoms with E-state index >= 15 is 0 Å². The average Bonchev–Trinajstić information content (AvgIpc) is 2.49. The molecule has 2 aromatic carbocycles. The van der Waals surface area contributed by atoms with Crippen LogP contribution in [0, 0.1) is 20.8 Å². The van der Waals surface area contributed by atoms with E-state index in [9.17, 15) is 4.79 Å². The van der Waals surface area contributed by atoms with Crippen LogP contribution in [0.1, 0.15) is 41.7 Å². The van der Waals surface area contributed by atoms with Gasteiger partial charge in [-0.3, -0.25) is 4.79 Å². The first-order valence-electron chi connectivity index (χ1n) is 8.72. The van der Waals surface area contributed by atoms with Crippen LogP contribution in [0.15, 0.2) is 42.5 Å². The third-order valence-electron chi connectivity index (χ3n) is 4.61. The summed E-state index contributed by atoms with van der Waals surface area (Å²) in [7, 11) is 0.